The molecule has 1 unspecified atom stereocenters. The molecule has 1 aromatic heterocycles. The van der Waals surface area contributed by atoms with Crippen LogP contribution in [0.1, 0.15) is 24.5 Å². The van der Waals surface area contributed by atoms with Crippen LogP contribution < -0.4 is 15.5 Å². The number of alkyl halides is 3. The molecule has 1 fully saturated rings. The van der Waals surface area contributed by atoms with Gasteiger partial charge in [0.2, 0.25) is 5.91 Å². The summed E-state index contributed by atoms with van der Waals surface area (Å²) in [7, 11) is 0. The van der Waals surface area contributed by atoms with Crippen LogP contribution in [0.3, 0.4) is 0 Å². The number of ether oxygens (including phenoxy) is 1. The molecule has 2 heterocycles. The lowest BCUT2D eigenvalue weighted by Gasteiger charge is -2.29. The Morgan fingerprint density at radius 2 is 1.93 bits per heavy atom. The van der Waals surface area contributed by atoms with E-state index in [4.69, 9.17) is 4.74 Å². The van der Waals surface area contributed by atoms with Crippen LogP contribution in [-0.4, -0.2) is 43.2 Å². The molecule has 0 radical (unpaired) electrons. The Balaban J connectivity index is 1.56. The lowest BCUT2D eigenvalue weighted by Crippen LogP contribution is -2.38. The molecule has 2 N–H and O–H groups in total. The van der Waals surface area contributed by atoms with Gasteiger partial charge in [0.25, 0.3) is 0 Å². The van der Waals surface area contributed by atoms with Gasteiger partial charge in [-0.1, -0.05) is 18.2 Å². The summed E-state index contributed by atoms with van der Waals surface area (Å²) in [6, 6.07) is 8.55. The van der Waals surface area contributed by atoms with Gasteiger partial charge in [-0.05, 0) is 25.1 Å². The molecule has 1 amide bonds. The van der Waals surface area contributed by atoms with Gasteiger partial charge in [0.15, 0.2) is 0 Å². The first kappa shape index (κ1) is 22.0. The molecule has 30 heavy (non-hydrogen) atoms. The first-order valence-corrected chi connectivity index (χ1v) is 9.80. The fourth-order valence-electron chi connectivity index (χ4n) is 3.30. The zero-order valence-electron chi connectivity index (χ0n) is 16.7. The Hall–Kier alpha value is -2.65. The molecule has 2 aromatic rings. The molecule has 0 bridgehead atoms. The number of morpholine rings is 1. The van der Waals surface area contributed by atoms with Gasteiger partial charge in [-0.2, -0.15) is 13.2 Å². The maximum atomic E-state index is 13.1. The molecular formula is C21H25F3N4O2. The predicted molar refractivity (Wildman–Crippen MR) is 108 cm³/mol. The van der Waals surface area contributed by atoms with Crippen LogP contribution in [0.2, 0.25) is 0 Å². The minimum absolute atomic E-state index is 0.0410. The van der Waals surface area contributed by atoms with E-state index in [-0.39, 0.29) is 18.2 Å². The Bertz CT molecular complexity index is 854. The van der Waals surface area contributed by atoms with Crippen molar-refractivity contribution in [3.05, 3.63) is 53.7 Å². The summed E-state index contributed by atoms with van der Waals surface area (Å²) in [5.74, 6) is 0.398. The van der Waals surface area contributed by atoms with Crippen LogP contribution >= 0.6 is 0 Å². The number of hydrogen-bond acceptors (Lipinski definition) is 5. The molecular weight excluding hydrogens is 397 g/mol. The van der Waals surface area contributed by atoms with Crippen LogP contribution in [0.15, 0.2) is 42.6 Å². The van der Waals surface area contributed by atoms with E-state index in [9.17, 15) is 18.0 Å². The number of benzene rings is 1. The zero-order valence-corrected chi connectivity index (χ0v) is 16.7. The van der Waals surface area contributed by atoms with E-state index in [1.807, 2.05) is 19.1 Å². The number of nitrogens with one attached hydrogen (secondary N) is 2. The number of carbonyl (C=O) groups is 1. The number of para-hydroxylation sites is 1. The topological polar surface area (TPSA) is 66.5 Å². The van der Waals surface area contributed by atoms with Crippen molar-refractivity contribution in [1.29, 1.82) is 0 Å². The number of anilines is 2. The predicted octanol–water partition coefficient (Wildman–Crippen LogP) is 3.44. The van der Waals surface area contributed by atoms with Crippen molar-refractivity contribution in [1.82, 2.24) is 10.3 Å². The fraction of sp³-hybridized carbons (Fsp3) is 0.429. The number of amides is 1. The van der Waals surface area contributed by atoms with Crippen molar-refractivity contribution in [2.75, 3.05) is 36.5 Å². The standard InChI is InChI=1S/C21H25F3N4O2/c1-15(13-19(29)27-18-7-3-2-6-17(18)21(22,23)24)26-14-16-5-4-8-25-20(16)28-9-11-30-12-10-28/h2-8,15,26H,9-14H2,1H3,(H,27,29). The summed E-state index contributed by atoms with van der Waals surface area (Å²) in [5.41, 5.74) is -0.0948. The number of rotatable bonds is 7. The third-order valence-corrected chi connectivity index (χ3v) is 4.82. The molecule has 6 nitrogen and oxygen atoms in total. The van der Waals surface area contributed by atoms with Crippen molar-refractivity contribution in [2.45, 2.75) is 32.1 Å². The molecule has 1 saturated heterocycles. The number of nitrogens with zero attached hydrogens (tertiary/aromatic N) is 2. The summed E-state index contributed by atoms with van der Waals surface area (Å²) in [5, 5.41) is 5.63. The maximum absolute atomic E-state index is 13.1. The van der Waals surface area contributed by atoms with Gasteiger partial charge in [0.05, 0.1) is 24.5 Å². The number of carbonyl (C=O) groups excluding carboxylic acids is 1. The minimum Gasteiger partial charge on any atom is -0.378 e. The van der Waals surface area contributed by atoms with Gasteiger partial charge in [-0.25, -0.2) is 4.98 Å². The van der Waals surface area contributed by atoms with Gasteiger partial charge >= 0.3 is 6.18 Å². The number of pyridine rings is 1. The third-order valence-electron chi connectivity index (χ3n) is 4.82. The smallest absolute Gasteiger partial charge is 0.378 e. The molecule has 1 aliphatic heterocycles. The van der Waals surface area contributed by atoms with E-state index in [1.165, 1.54) is 18.2 Å². The molecule has 1 atom stereocenters. The van der Waals surface area contributed by atoms with Gasteiger partial charge < -0.3 is 20.3 Å². The first-order chi connectivity index (χ1) is 14.3. The normalized spacial score (nSPS) is 15.7. The highest BCUT2D eigenvalue weighted by atomic mass is 19.4. The van der Waals surface area contributed by atoms with Gasteiger partial charge in [-0.15, -0.1) is 0 Å². The third kappa shape index (κ3) is 5.93. The van der Waals surface area contributed by atoms with Crippen molar-refractivity contribution in [3.63, 3.8) is 0 Å². The van der Waals surface area contributed by atoms with E-state index in [2.05, 4.69) is 20.5 Å². The van der Waals surface area contributed by atoms with Gasteiger partial charge in [-0.3, -0.25) is 4.79 Å². The van der Waals surface area contributed by atoms with Crippen LogP contribution in [0.4, 0.5) is 24.7 Å². The summed E-state index contributed by atoms with van der Waals surface area (Å²) in [6.45, 7) is 5.15. The molecule has 162 valence electrons. The minimum atomic E-state index is -4.52. The number of hydrogen-bond donors (Lipinski definition) is 2. The Labute approximate surface area is 173 Å². The van der Waals surface area contributed by atoms with Gasteiger partial charge in [0.1, 0.15) is 5.82 Å². The summed E-state index contributed by atoms with van der Waals surface area (Å²) in [6.07, 6.45) is -2.74. The molecule has 3 rings (SSSR count). The number of aromatic nitrogens is 1. The molecule has 1 aliphatic rings. The summed E-state index contributed by atoms with van der Waals surface area (Å²) < 4.78 is 44.6. The van der Waals surface area contributed by atoms with E-state index in [0.29, 0.717) is 19.8 Å². The van der Waals surface area contributed by atoms with E-state index in [0.717, 1.165) is 30.5 Å². The van der Waals surface area contributed by atoms with Gasteiger partial charge in [0, 0.05) is 43.9 Å². The van der Waals surface area contributed by atoms with Crippen molar-refractivity contribution < 1.29 is 22.7 Å². The maximum Gasteiger partial charge on any atom is 0.418 e. The van der Waals surface area contributed by atoms with Crippen LogP contribution in [-0.2, 0) is 22.3 Å². The summed E-state index contributed by atoms with van der Waals surface area (Å²) >= 11 is 0. The fourth-order valence-corrected chi connectivity index (χ4v) is 3.30. The summed E-state index contributed by atoms with van der Waals surface area (Å²) in [4.78, 5) is 18.9. The SMILES string of the molecule is CC(CC(=O)Nc1ccccc1C(F)(F)F)NCc1cccnc1N1CCOCC1. The highest BCUT2D eigenvalue weighted by molar-refractivity contribution is 5.92. The van der Waals surface area contributed by atoms with Crippen LogP contribution in [0.5, 0.6) is 0 Å². The monoisotopic (exact) mass is 422 g/mol. The molecule has 0 spiro atoms. The average molecular weight is 422 g/mol. The first-order valence-electron chi connectivity index (χ1n) is 9.80. The van der Waals surface area contributed by atoms with Crippen molar-refractivity contribution >= 4 is 17.4 Å². The quantitative estimate of drug-likeness (QED) is 0.716. The second-order valence-corrected chi connectivity index (χ2v) is 7.16. The Kier molecular flexibility index (Phi) is 7.28. The Morgan fingerprint density at radius 3 is 2.67 bits per heavy atom. The van der Waals surface area contributed by atoms with E-state index >= 15 is 0 Å². The average Bonchev–Trinajstić information content (AvgIpc) is 2.72. The molecule has 0 saturated carbocycles. The molecule has 9 heteroatoms. The second kappa shape index (κ2) is 9.90. The van der Waals surface area contributed by atoms with Crippen molar-refractivity contribution in [3.8, 4) is 0 Å². The zero-order chi connectivity index (χ0) is 21.6. The second-order valence-electron chi connectivity index (χ2n) is 7.16. The Morgan fingerprint density at radius 1 is 1.20 bits per heavy atom. The molecule has 0 aliphatic carbocycles. The lowest BCUT2D eigenvalue weighted by atomic mass is 10.1. The molecule has 1 aromatic carbocycles. The number of halogens is 3. The largest absolute Gasteiger partial charge is 0.418 e. The lowest BCUT2D eigenvalue weighted by molar-refractivity contribution is -0.137. The van der Waals surface area contributed by atoms with Crippen LogP contribution in [0.25, 0.3) is 0 Å². The van der Waals surface area contributed by atoms with Crippen molar-refractivity contribution in [2.24, 2.45) is 0 Å². The van der Waals surface area contributed by atoms with Crippen LogP contribution in [0, 0.1) is 0 Å². The van der Waals surface area contributed by atoms with E-state index in [1.54, 1.807) is 6.20 Å². The highest BCUT2D eigenvalue weighted by Gasteiger charge is 2.33. The van der Waals surface area contributed by atoms with E-state index < -0.39 is 17.6 Å². The highest BCUT2D eigenvalue weighted by Crippen LogP contribution is 2.34.